The van der Waals surface area contributed by atoms with Crippen molar-refractivity contribution >= 4 is 5.97 Å². The summed E-state index contributed by atoms with van der Waals surface area (Å²) < 4.78 is 22.2. The standard InChI is InChI=1S/C9H11FO3/c1-2-12-9(11)4-3-8-7(10)5-6-13-8/h5-6H,2-4H2,1H3. The van der Waals surface area contributed by atoms with Crippen molar-refractivity contribution in [3.8, 4) is 0 Å². The van der Waals surface area contributed by atoms with E-state index in [9.17, 15) is 9.18 Å². The van der Waals surface area contributed by atoms with Crippen LogP contribution in [0.2, 0.25) is 0 Å². The van der Waals surface area contributed by atoms with Crippen molar-refractivity contribution in [3.05, 3.63) is 23.9 Å². The summed E-state index contributed by atoms with van der Waals surface area (Å²) in [6.07, 6.45) is 1.66. The fourth-order valence-corrected chi connectivity index (χ4v) is 0.952. The summed E-state index contributed by atoms with van der Waals surface area (Å²) in [7, 11) is 0. The molecular formula is C9H11FO3. The van der Waals surface area contributed by atoms with Crippen molar-refractivity contribution in [2.45, 2.75) is 19.8 Å². The van der Waals surface area contributed by atoms with E-state index in [1.54, 1.807) is 6.92 Å². The summed E-state index contributed by atoms with van der Waals surface area (Å²) in [5.41, 5.74) is 0. The monoisotopic (exact) mass is 186 g/mol. The summed E-state index contributed by atoms with van der Waals surface area (Å²) in [5.74, 6) is -0.546. The number of esters is 1. The van der Waals surface area contributed by atoms with Crippen molar-refractivity contribution in [1.29, 1.82) is 0 Å². The summed E-state index contributed by atoms with van der Waals surface area (Å²) in [6, 6.07) is 1.22. The van der Waals surface area contributed by atoms with Gasteiger partial charge in [-0.3, -0.25) is 4.79 Å². The maximum Gasteiger partial charge on any atom is 0.306 e. The Labute approximate surface area is 75.5 Å². The molecule has 0 N–H and O–H groups in total. The van der Waals surface area contributed by atoms with Crippen LogP contribution >= 0.6 is 0 Å². The van der Waals surface area contributed by atoms with Gasteiger partial charge in [0.1, 0.15) is 5.76 Å². The van der Waals surface area contributed by atoms with Gasteiger partial charge >= 0.3 is 5.97 Å². The predicted molar refractivity (Wildman–Crippen MR) is 43.6 cm³/mol. The lowest BCUT2D eigenvalue weighted by Crippen LogP contribution is -2.05. The number of carbonyl (C=O) groups is 1. The number of rotatable bonds is 4. The van der Waals surface area contributed by atoms with Gasteiger partial charge in [0.15, 0.2) is 5.82 Å². The van der Waals surface area contributed by atoms with Crippen molar-refractivity contribution in [1.82, 2.24) is 0 Å². The molecule has 0 bridgehead atoms. The molecule has 1 aromatic rings. The van der Waals surface area contributed by atoms with Crippen LogP contribution in [0.3, 0.4) is 0 Å². The van der Waals surface area contributed by atoms with Crippen LogP contribution in [-0.2, 0) is 16.0 Å². The normalized spacial score (nSPS) is 10.0. The largest absolute Gasteiger partial charge is 0.466 e. The Hall–Kier alpha value is -1.32. The molecule has 0 amide bonds. The lowest BCUT2D eigenvalue weighted by Gasteiger charge is -1.99. The maximum atomic E-state index is 12.7. The minimum Gasteiger partial charge on any atom is -0.466 e. The van der Waals surface area contributed by atoms with Crippen LogP contribution in [0.5, 0.6) is 0 Å². The molecule has 0 atom stereocenters. The first-order chi connectivity index (χ1) is 6.24. The van der Waals surface area contributed by atoms with Crippen LogP contribution in [0, 0.1) is 5.82 Å². The number of furan rings is 1. The average molecular weight is 186 g/mol. The second kappa shape index (κ2) is 4.64. The van der Waals surface area contributed by atoms with Gasteiger partial charge in [-0.25, -0.2) is 4.39 Å². The molecule has 3 nitrogen and oxygen atoms in total. The molecule has 1 aromatic heterocycles. The van der Waals surface area contributed by atoms with E-state index in [0.717, 1.165) is 0 Å². The van der Waals surface area contributed by atoms with Gasteiger partial charge in [-0.1, -0.05) is 0 Å². The van der Waals surface area contributed by atoms with Gasteiger partial charge in [-0.15, -0.1) is 0 Å². The third kappa shape index (κ3) is 2.89. The lowest BCUT2D eigenvalue weighted by molar-refractivity contribution is -0.143. The summed E-state index contributed by atoms with van der Waals surface area (Å²) >= 11 is 0. The average Bonchev–Trinajstić information content (AvgIpc) is 2.48. The minimum atomic E-state index is -0.413. The molecule has 0 aliphatic heterocycles. The molecule has 13 heavy (non-hydrogen) atoms. The van der Waals surface area contributed by atoms with Gasteiger partial charge in [0.05, 0.1) is 19.3 Å². The number of ether oxygens (including phenoxy) is 1. The molecule has 0 unspecified atom stereocenters. The Morgan fingerprint density at radius 2 is 2.46 bits per heavy atom. The molecular weight excluding hydrogens is 175 g/mol. The highest BCUT2D eigenvalue weighted by Crippen LogP contribution is 2.10. The van der Waals surface area contributed by atoms with Crippen LogP contribution in [0.1, 0.15) is 19.1 Å². The number of hydrogen-bond donors (Lipinski definition) is 0. The zero-order valence-electron chi connectivity index (χ0n) is 7.38. The Bertz CT molecular complexity index is 280. The van der Waals surface area contributed by atoms with Crippen molar-refractivity contribution in [3.63, 3.8) is 0 Å². The van der Waals surface area contributed by atoms with E-state index in [2.05, 4.69) is 4.74 Å². The van der Waals surface area contributed by atoms with E-state index >= 15 is 0 Å². The van der Waals surface area contributed by atoms with Crippen molar-refractivity contribution in [2.75, 3.05) is 6.61 Å². The Kier molecular flexibility index (Phi) is 3.49. The molecule has 1 rings (SSSR count). The number of halogens is 1. The highest BCUT2D eigenvalue weighted by Gasteiger charge is 2.08. The summed E-state index contributed by atoms with van der Waals surface area (Å²) in [6.45, 7) is 2.07. The molecule has 0 aliphatic carbocycles. The van der Waals surface area contributed by atoms with Crippen LogP contribution in [0.4, 0.5) is 4.39 Å². The molecule has 1 heterocycles. The highest BCUT2D eigenvalue weighted by molar-refractivity contribution is 5.69. The SMILES string of the molecule is CCOC(=O)CCc1occc1F. The zero-order chi connectivity index (χ0) is 9.68. The van der Waals surface area contributed by atoms with E-state index in [-0.39, 0.29) is 24.6 Å². The molecule has 72 valence electrons. The molecule has 0 spiro atoms. The first kappa shape index (κ1) is 9.77. The third-order valence-electron chi connectivity index (χ3n) is 1.55. The smallest absolute Gasteiger partial charge is 0.306 e. The van der Waals surface area contributed by atoms with Crippen molar-refractivity contribution in [2.24, 2.45) is 0 Å². The second-order valence-electron chi connectivity index (χ2n) is 2.50. The highest BCUT2D eigenvalue weighted by atomic mass is 19.1. The van der Waals surface area contributed by atoms with Crippen molar-refractivity contribution < 1.29 is 18.3 Å². The van der Waals surface area contributed by atoms with E-state index in [1.807, 2.05) is 0 Å². The van der Waals surface area contributed by atoms with Gasteiger partial charge in [-0.2, -0.15) is 0 Å². The fraction of sp³-hybridized carbons (Fsp3) is 0.444. The number of carbonyl (C=O) groups excluding carboxylic acids is 1. The van der Waals surface area contributed by atoms with Gasteiger partial charge in [-0.05, 0) is 6.92 Å². The van der Waals surface area contributed by atoms with Gasteiger partial charge in [0, 0.05) is 12.5 Å². The fourth-order valence-electron chi connectivity index (χ4n) is 0.952. The first-order valence-electron chi connectivity index (χ1n) is 4.11. The van der Waals surface area contributed by atoms with Gasteiger partial charge < -0.3 is 9.15 Å². The second-order valence-corrected chi connectivity index (χ2v) is 2.50. The Morgan fingerprint density at radius 3 is 3.00 bits per heavy atom. The predicted octanol–water partition coefficient (Wildman–Crippen LogP) is 1.91. The molecule has 0 saturated carbocycles. The summed E-state index contributed by atoms with van der Waals surface area (Å²) in [5, 5.41) is 0. The molecule has 0 aliphatic rings. The minimum absolute atomic E-state index is 0.151. The maximum absolute atomic E-state index is 12.7. The Balaban J connectivity index is 2.35. The van der Waals surface area contributed by atoms with Crippen LogP contribution < -0.4 is 0 Å². The lowest BCUT2D eigenvalue weighted by atomic mass is 10.2. The van der Waals surface area contributed by atoms with E-state index < -0.39 is 5.82 Å². The topological polar surface area (TPSA) is 39.4 Å². The first-order valence-corrected chi connectivity index (χ1v) is 4.11. The zero-order valence-corrected chi connectivity index (χ0v) is 7.38. The van der Waals surface area contributed by atoms with E-state index in [0.29, 0.717) is 6.61 Å². The third-order valence-corrected chi connectivity index (χ3v) is 1.55. The Morgan fingerprint density at radius 1 is 1.69 bits per heavy atom. The van der Waals surface area contributed by atoms with Gasteiger partial charge in [0.25, 0.3) is 0 Å². The number of aryl methyl sites for hydroxylation is 1. The molecule has 4 heteroatoms. The molecule has 0 aromatic carbocycles. The van der Waals surface area contributed by atoms with E-state index in [4.69, 9.17) is 4.42 Å². The summed E-state index contributed by atoms with van der Waals surface area (Å²) in [4.78, 5) is 10.9. The van der Waals surface area contributed by atoms with E-state index in [1.165, 1.54) is 12.3 Å². The quantitative estimate of drug-likeness (QED) is 0.674. The van der Waals surface area contributed by atoms with Crippen LogP contribution in [0.25, 0.3) is 0 Å². The van der Waals surface area contributed by atoms with Gasteiger partial charge in [0.2, 0.25) is 0 Å². The molecule has 0 radical (unpaired) electrons. The molecule has 0 fully saturated rings. The van der Waals surface area contributed by atoms with Crippen LogP contribution in [0.15, 0.2) is 16.7 Å². The van der Waals surface area contributed by atoms with Crippen LogP contribution in [-0.4, -0.2) is 12.6 Å². The molecule has 0 saturated heterocycles. The number of hydrogen-bond acceptors (Lipinski definition) is 3.